The Hall–Kier alpha value is -2.03. The Balaban J connectivity index is 4.94. The smallest absolute Gasteiger partial charge is 0.456 e. The van der Waals surface area contributed by atoms with Gasteiger partial charge in [0.05, 0.1) is 33.8 Å². The van der Waals surface area contributed by atoms with Crippen LogP contribution in [-0.2, 0) is 27.9 Å². The summed E-state index contributed by atoms with van der Waals surface area (Å²) in [6.07, 6.45) is 87.1. The van der Waals surface area contributed by atoms with Gasteiger partial charge in [-0.25, -0.2) is 4.57 Å². The van der Waals surface area contributed by atoms with E-state index in [9.17, 15) is 19.0 Å². The molecule has 0 aliphatic heterocycles. The molecule has 0 rings (SSSR count). The zero-order chi connectivity index (χ0) is 64.2. The number of carbonyl (C=O) groups is 2. The molecule has 0 bridgehead atoms. The van der Waals surface area contributed by atoms with Crippen LogP contribution in [0.3, 0.4) is 0 Å². The zero-order valence-corrected chi connectivity index (χ0v) is 60.4. The van der Waals surface area contributed by atoms with Crippen LogP contribution in [0, 0.1) is 0 Å². The lowest BCUT2D eigenvalue weighted by Gasteiger charge is -2.27. The zero-order valence-electron chi connectivity index (χ0n) is 59.5. The van der Waals surface area contributed by atoms with Crippen molar-refractivity contribution in [3.05, 3.63) is 48.6 Å². The molecule has 9 nitrogen and oxygen atoms in total. The molecule has 0 heterocycles. The van der Waals surface area contributed by atoms with Crippen LogP contribution in [-0.4, -0.2) is 74.3 Å². The van der Waals surface area contributed by atoms with E-state index in [0.717, 1.165) is 64.2 Å². The lowest BCUT2D eigenvalue weighted by Crippen LogP contribution is -2.47. The maximum Gasteiger partial charge on any atom is 0.472 e. The molecule has 1 amide bonds. The van der Waals surface area contributed by atoms with Gasteiger partial charge < -0.3 is 19.4 Å². The number of hydrogen-bond donors (Lipinski definition) is 2. The van der Waals surface area contributed by atoms with E-state index in [1.165, 1.54) is 289 Å². The van der Waals surface area contributed by atoms with Crippen molar-refractivity contribution in [1.82, 2.24) is 5.32 Å². The Morgan fingerprint density at radius 3 is 1.06 bits per heavy atom. The third-order valence-electron chi connectivity index (χ3n) is 17.5. The highest BCUT2D eigenvalue weighted by Gasteiger charge is 2.30. The van der Waals surface area contributed by atoms with E-state index in [1.54, 1.807) is 0 Å². The molecule has 518 valence electrons. The molecule has 3 unspecified atom stereocenters. The molecule has 10 heteroatoms. The Bertz CT molecular complexity index is 1640. The van der Waals surface area contributed by atoms with Gasteiger partial charge in [0.2, 0.25) is 5.91 Å². The minimum absolute atomic E-state index is 0.0424. The van der Waals surface area contributed by atoms with Crippen molar-refractivity contribution in [3.63, 3.8) is 0 Å². The predicted molar refractivity (Wildman–Crippen MR) is 383 cm³/mol. The van der Waals surface area contributed by atoms with E-state index in [1.807, 2.05) is 27.2 Å². The number of hydrogen-bond acceptors (Lipinski definition) is 6. The molecule has 2 N–H and O–H groups in total. The monoisotopic (exact) mass is 1260 g/mol. The number of nitrogens with zero attached hydrogens (tertiary/aromatic N) is 1. The van der Waals surface area contributed by atoms with Crippen LogP contribution in [0.2, 0.25) is 0 Å². The van der Waals surface area contributed by atoms with E-state index in [0.29, 0.717) is 23.9 Å². The Labute approximate surface area is 548 Å². The number of quaternary nitrogens is 1. The summed E-state index contributed by atoms with van der Waals surface area (Å²) in [7, 11) is 1.51. The number of esters is 1. The first-order valence-electron chi connectivity index (χ1n) is 38.5. The van der Waals surface area contributed by atoms with Gasteiger partial charge in [0, 0.05) is 12.8 Å². The standard InChI is InChI=1S/C78H149N2O7P/c1-7-10-13-16-19-22-25-28-30-32-34-36-38-40-42-44-46-48-50-52-55-58-61-64-67-70-77(81)79-75(74-86-88(83,84)85-73-72-80(4,5)6)76(69-66-63-60-57-54-27-24-21-18-15-12-9-3)87-78(82)71-68-65-62-59-56-53-51-49-47-45-43-41-39-37-35-33-31-29-26-23-20-17-14-11-8-2/h19,22,28-31,66,69,75-76H,7-18,20-21,23-27,32-65,67-68,70-74H2,1-6H3,(H-,79,81,83,84)/p+1/b22-19-,30-28-,31-29+,69-66+. The number of unbranched alkanes of at least 4 members (excludes halogenated alkanes) is 49. The third kappa shape index (κ3) is 68.3. The first kappa shape index (κ1) is 86.0. The van der Waals surface area contributed by atoms with Crippen molar-refractivity contribution in [2.45, 2.75) is 399 Å². The van der Waals surface area contributed by atoms with Crippen molar-refractivity contribution >= 4 is 19.7 Å². The number of allylic oxidation sites excluding steroid dienone is 7. The van der Waals surface area contributed by atoms with Crippen molar-refractivity contribution < 1.29 is 37.3 Å². The second-order valence-corrected chi connectivity index (χ2v) is 29.0. The van der Waals surface area contributed by atoms with E-state index in [4.69, 9.17) is 13.8 Å². The molecule has 0 aromatic heterocycles. The summed E-state index contributed by atoms with van der Waals surface area (Å²) >= 11 is 0. The number of ether oxygens (including phenoxy) is 1. The lowest BCUT2D eigenvalue weighted by atomic mass is 10.0. The van der Waals surface area contributed by atoms with Crippen LogP contribution in [0.1, 0.15) is 387 Å². The molecule has 0 saturated heterocycles. The number of amides is 1. The molecule has 0 aromatic carbocycles. The summed E-state index contributed by atoms with van der Waals surface area (Å²) < 4.78 is 30.9. The summed E-state index contributed by atoms with van der Waals surface area (Å²) in [4.78, 5) is 38.0. The number of rotatable bonds is 71. The normalized spacial score (nSPS) is 13.7. The average Bonchev–Trinajstić information content (AvgIpc) is 3.71. The highest BCUT2D eigenvalue weighted by atomic mass is 31.2. The highest BCUT2D eigenvalue weighted by Crippen LogP contribution is 2.43. The SMILES string of the molecule is CCCCC/C=C\C/C=C\CCCCCCCCCCCCCCCCCC(=O)NC(COP(=O)(O)OCC[N+](C)(C)C)C(/C=C/CCCCCCCCCCCC)OC(=O)CCCCCCCCCCCCCCCCC/C=C/CCCCCCCC. The number of carbonyl (C=O) groups excluding carboxylic acids is 2. The van der Waals surface area contributed by atoms with Crippen LogP contribution < -0.4 is 5.32 Å². The van der Waals surface area contributed by atoms with Crippen molar-refractivity contribution in [3.8, 4) is 0 Å². The fourth-order valence-corrected chi connectivity index (χ4v) is 12.3. The summed E-state index contributed by atoms with van der Waals surface area (Å²) in [5, 5.41) is 3.08. The van der Waals surface area contributed by atoms with E-state index in [2.05, 4.69) is 68.6 Å². The second kappa shape index (κ2) is 67.8. The fraction of sp³-hybridized carbons (Fsp3) is 0.872. The molecular weight excluding hydrogens is 1110 g/mol. The van der Waals surface area contributed by atoms with Crippen LogP contribution in [0.15, 0.2) is 48.6 Å². The van der Waals surface area contributed by atoms with E-state index < -0.39 is 20.0 Å². The average molecular weight is 1260 g/mol. The first-order chi connectivity index (χ1) is 42.9. The van der Waals surface area contributed by atoms with Crippen molar-refractivity contribution in [2.75, 3.05) is 40.9 Å². The summed E-state index contributed by atoms with van der Waals surface area (Å²) in [6, 6.07) is -0.847. The first-order valence-corrected chi connectivity index (χ1v) is 40.0. The topological polar surface area (TPSA) is 111 Å². The van der Waals surface area contributed by atoms with Crippen LogP contribution in [0.5, 0.6) is 0 Å². The van der Waals surface area contributed by atoms with Gasteiger partial charge in [-0.1, -0.05) is 333 Å². The summed E-state index contributed by atoms with van der Waals surface area (Å²) in [6.45, 7) is 7.05. The maximum absolute atomic E-state index is 13.6. The van der Waals surface area contributed by atoms with Gasteiger partial charge in [-0.2, -0.15) is 0 Å². The lowest BCUT2D eigenvalue weighted by molar-refractivity contribution is -0.870. The van der Waals surface area contributed by atoms with Crippen LogP contribution >= 0.6 is 7.82 Å². The molecular formula is C78H150N2O7P+. The molecule has 0 spiro atoms. The Morgan fingerprint density at radius 2 is 0.693 bits per heavy atom. The molecule has 0 fully saturated rings. The largest absolute Gasteiger partial charge is 0.472 e. The summed E-state index contributed by atoms with van der Waals surface area (Å²) in [5.41, 5.74) is 0. The fourth-order valence-electron chi connectivity index (χ4n) is 11.6. The molecule has 0 aromatic rings. The molecule has 88 heavy (non-hydrogen) atoms. The number of phosphoric acid groups is 1. The van der Waals surface area contributed by atoms with Gasteiger partial charge in [0.15, 0.2) is 0 Å². The van der Waals surface area contributed by atoms with E-state index >= 15 is 0 Å². The number of phosphoric ester groups is 1. The Kier molecular flexibility index (Phi) is 66.3. The van der Waals surface area contributed by atoms with Crippen LogP contribution in [0.25, 0.3) is 0 Å². The van der Waals surface area contributed by atoms with E-state index in [-0.39, 0.29) is 25.1 Å². The maximum atomic E-state index is 13.6. The molecule has 0 aliphatic rings. The quantitative estimate of drug-likeness (QED) is 0.0205. The van der Waals surface area contributed by atoms with Gasteiger partial charge in [-0.05, 0) is 89.5 Å². The molecule has 0 aliphatic carbocycles. The third-order valence-corrected chi connectivity index (χ3v) is 18.5. The molecule has 0 saturated carbocycles. The van der Waals surface area contributed by atoms with Crippen LogP contribution in [0.4, 0.5) is 0 Å². The second-order valence-electron chi connectivity index (χ2n) is 27.5. The number of likely N-dealkylation sites (N-methyl/N-ethyl adjacent to an activating group) is 1. The molecule has 0 radical (unpaired) electrons. The predicted octanol–water partition coefficient (Wildman–Crippen LogP) is 24.7. The number of nitrogens with one attached hydrogen (secondary N) is 1. The van der Waals surface area contributed by atoms with Gasteiger partial charge >= 0.3 is 13.8 Å². The minimum Gasteiger partial charge on any atom is -0.456 e. The van der Waals surface area contributed by atoms with Crippen molar-refractivity contribution in [1.29, 1.82) is 0 Å². The summed E-state index contributed by atoms with van der Waals surface area (Å²) in [5.74, 6) is -0.485. The van der Waals surface area contributed by atoms with Crippen molar-refractivity contribution in [2.24, 2.45) is 0 Å². The highest BCUT2D eigenvalue weighted by molar-refractivity contribution is 7.47. The Morgan fingerprint density at radius 1 is 0.398 bits per heavy atom. The van der Waals surface area contributed by atoms with Gasteiger partial charge in [0.25, 0.3) is 0 Å². The van der Waals surface area contributed by atoms with Gasteiger partial charge in [-0.15, -0.1) is 0 Å². The van der Waals surface area contributed by atoms with Gasteiger partial charge in [0.1, 0.15) is 19.3 Å². The minimum atomic E-state index is -4.45. The molecule has 3 atom stereocenters. The van der Waals surface area contributed by atoms with Gasteiger partial charge in [-0.3, -0.25) is 18.6 Å².